The Balaban J connectivity index is 0. The van der Waals surface area contributed by atoms with Gasteiger partial charge >= 0.3 is 29.6 Å². The summed E-state index contributed by atoms with van der Waals surface area (Å²) in [5, 5.41) is 15.7. The van der Waals surface area contributed by atoms with Crippen molar-refractivity contribution in [3.63, 3.8) is 0 Å². The van der Waals surface area contributed by atoms with E-state index in [0.29, 0.717) is 0 Å². The molecule has 1 aromatic carbocycles. The summed E-state index contributed by atoms with van der Waals surface area (Å²) in [6.45, 7) is 5.47. The third kappa shape index (κ3) is 11.9. The molecular formula is C13H20N3NaO2S4. The van der Waals surface area contributed by atoms with Gasteiger partial charge in [-0.05, 0) is 50.4 Å². The molecule has 0 aliphatic carbocycles. The number of hydrogen-bond donors (Lipinski definition) is 4. The Hall–Kier alpha value is -0.160. The van der Waals surface area contributed by atoms with Gasteiger partial charge in [0.1, 0.15) is 4.34 Å². The Bertz CT molecular complexity index is 569. The monoisotopic (exact) mass is 401 g/mol. The van der Waals surface area contributed by atoms with Crippen molar-refractivity contribution in [1.82, 2.24) is 9.88 Å². The summed E-state index contributed by atoms with van der Waals surface area (Å²) in [6.07, 6.45) is 0. The summed E-state index contributed by atoms with van der Waals surface area (Å²) in [6, 6.07) is 8.03. The molecule has 0 aliphatic rings. The van der Waals surface area contributed by atoms with E-state index >= 15 is 0 Å². The van der Waals surface area contributed by atoms with E-state index in [1.807, 2.05) is 38.1 Å². The summed E-state index contributed by atoms with van der Waals surface area (Å²) in [5.74, 6) is 0. The van der Waals surface area contributed by atoms with Crippen molar-refractivity contribution in [2.45, 2.75) is 18.2 Å². The number of thiocarbonyl (C=S) groups is 2. The maximum atomic E-state index is 8.67. The van der Waals surface area contributed by atoms with E-state index in [2.05, 4.69) is 47.8 Å². The van der Waals surface area contributed by atoms with Crippen LogP contribution in [0.3, 0.4) is 0 Å². The van der Waals surface area contributed by atoms with E-state index in [0.717, 1.165) is 22.9 Å². The zero-order valence-electron chi connectivity index (χ0n) is 12.3. The van der Waals surface area contributed by atoms with Crippen molar-refractivity contribution in [3.05, 3.63) is 24.3 Å². The van der Waals surface area contributed by atoms with Crippen molar-refractivity contribution < 1.29 is 10.2 Å². The number of nitrogens with two attached hydrogens (primary N) is 1. The van der Waals surface area contributed by atoms with Crippen LogP contribution in [0.2, 0.25) is 0 Å². The van der Waals surface area contributed by atoms with Crippen molar-refractivity contribution in [2.24, 2.45) is 5.73 Å². The molecule has 0 atom stereocenters. The summed E-state index contributed by atoms with van der Waals surface area (Å²) >= 11 is 14.1. The second-order valence-corrected chi connectivity index (χ2v) is 6.30. The summed E-state index contributed by atoms with van der Waals surface area (Å²) in [5.41, 5.74) is 5.44. The van der Waals surface area contributed by atoms with Crippen LogP contribution in [0.25, 0.3) is 10.2 Å². The third-order valence-corrected chi connectivity index (χ3v) is 3.79. The van der Waals surface area contributed by atoms with Gasteiger partial charge in [0.25, 0.3) is 10.3 Å². The van der Waals surface area contributed by atoms with Gasteiger partial charge in [-0.2, -0.15) is 0 Å². The topological polar surface area (TPSA) is 82.6 Å². The number of thiol groups is 1. The molecule has 0 amide bonds. The van der Waals surface area contributed by atoms with Crippen LogP contribution in [0.5, 0.6) is 0 Å². The quantitative estimate of drug-likeness (QED) is 0.350. The van der Waals surface area contributed by atoms with E-state index in [1.165, 1.54) is 4.70 Å². The first kappa shape index (κ1) is 25.1. The van der Waals surface area contributed by atoms with Crippen LogP contribution < -0.4 is 5.73 Å². The van der Waals surface area contributed by atoms with Crippen LogP contribution in [0.15, 0.2) is 28.6 Å². The van der Waals surface area contributed by atoms with Crippen LogP contribution in [-0.2, 0) is 0 Å². The first-order chi connectivity index (χ1) is 10.3. The molecule has 23 heavy (non-hydrogen) atoms. The molecule has 5 nitrogen and oxygen atoms in total. The van der Waals surface area contributed by atoms with E-state index in [-0.39, 0.29) is 34.7 Å². The number of hydrogen-bond acceptors (Lipinski definition) is 5. The molecule has 1 heterocycles. The first-order valence-corrected chi connectivity index (χ1v) is 8.40. The van der Waals surface area contributed by atoms with Crippen LogP contribution in [0.4, 0.5) is 0 Å². The standard InChI is InChI=1S/C7H5NS2.C5H11NOS.CH3NOS.Na.H/c9-7-8-5-3-1-2-4-6(5)10-7;1-3-6(4-2)5(7)8;2-1(3)4;;/h1-4H,(H,8,9);3-4H2,1-2H3,(H,7,8);(H3,2,3,4);;. The van der Waals surface area contributed by atoms with Crippen LogP contribution in [0.1, 0.15) is 13.8 Å². The first-order valence-electron chi connectivity index (χ1n) is 6.32. The van der Waals surface area contributed by atoms with Gasteiger partial charge in [0.05, 0.1) is 10.2 Å². The predicted octanol–water partition coefficient (Wildman–Crippen LogP) is 2.90. The van der Waals surface area contributed by atoms with Crippen molar-refractivity contribution in [3.8, 4) is 0 Å². The number of aromatic nitrogens is 1. The molecule has 4 N–H and O–H groups in total. The molecule has 0 saturated heterocycles. The van der Waals surface area contributed by atoms with E-state index < -0.39 is 5.17 Å². The predicted molar refractivity (Wildman–Crippen MR) is 112 cm³/mol. The maximum absolute atomic E-state index is 8.67. The third-order valence-electron chi connectivity index (χ3n) is 2.32. The van der Waals surface area contributed by atoms with E-state index in [4.69, 9.17) is 10.2 Å². The number of nitrogens with zero attached hydrogens (tertiary/aromatic N) is 2. The molecule has 0 fully saturated rings. The summed E-state index contributed by atoms with van der Waals surface area (Å²) < 4.78 is 2.04. The number of aliphatic hydroxyl groups is 2. The molecule has 1 aromatic heterocycles. The Morgan fingerprint density at radius 1 is 1.26 bits per heavy atom. The number of rotatable bonds is 2. The zero-order valence-corrected chi connectivity index (χ0v) is 15.6. The van der Waals surface area contributed by atoms with Crippen molar-refractivity contribution in [2.75, 3.05) is 13.1 Å². The summed E-state index contributed by atoms with van der Waals surface area (Å²) in [7, 11) is 0. The number of thiazole rings is 1. The molecule has 0 spiro atoms. The zero-order chi connectivity index (χ0) is 17.1. The second-order valence-electron chi connectivity index (χ2n) is 3.76. The molecule has 0 saturated carbocycles. The molecule has 0 unspecified atom stereocenters. The fourth-order valence-electron chi connectivity index (χ4n) is 1.35. The minimum atomic E-state index is -0.500. The Labute approximate surface area is 178 Å². The normalized spacial score (nSPS) is 8.65. The molecule has 10 heteroatoms. The fourth-order valence-corrected chi connectivity index (χ4v) is 2.72. The number of aliphatic hydroxyl groups excluding tert-OH is 2. The van der Waals surface area contributed by atoms with Gasteiger partial charge in [0, 0.05) is 13.1 Å². The van der Waals surface area contributed by atoms with Crippen LogP contribution in [-0.4, -0.2) is 73.1 Å². The average Bonchev–Trinajstić information content (AvgIpc) is 2.79. The molecular weight excluding hydrogens is 381 g/mol. The van der Waals surface area contributed by atoms with Crippen LogP contribution >= 0.6 is 48.4 Å². The molecule has 124 valence electrons. The van der Waals surface area contributed by atoms with Gasteiger partial charge in [0.2, 0.25) is 0 Å². The van der Waals surface area contributed by atoms with Gasteiger partial charge in [-0.1, -0.05) is 12.1 Å². The minimum absolute atomic E-state index is 0. The van der Waals surface area contributed by atoms with Gasteiger partial charge in [-0.25, -0.2) is 4.98 Å². The molecule has 2 aromatic rings. The molecule has 0 aliphatic heterocycles. The SMILES string of the molecule is CCN(CC)C(O)=S.NC(O)=S.Sc1nc2ccccc2s1.[NaH]. The van der Waals surface area contributed by atoms with Gasteiger partial charge in [-0.15, -0.1) is 24.0 Å². The summed E-state index contributed by atoms with van der Waals surface area (Å²) in [4.78, 5) is 5.90. The number of benzene rings is 1. The van der Waals surface area contributed by atoms with Gasteiger partial charge in [-0.3, -0.25) is 0 Å². The Morgan fingerprint density at radius 2 is 1.74 bits per heavy atom. The molecule has 2 rings (SSSR count). The van der Waals surface area contributed by atoms with Crippen LogP contribution in [0, 0.1) is 0 Å². The van der Waals surface area contributed by atoms with Gasteiger partial charge < -0.3 is 20.8 Å². The Morgan fingerprint density at radius 3 is 2.09 bits per heavy atom. The number of fused-ring (bicyclic) bond motifs is 1. The fraction of sp³-hybridized carbons (Fsp3) is 0.308. The molecule has 0 bridgehead atoms. The average molecular weight is 402 g/mol. The second kappa shape index (κ2) is 14.2. The number of para-hydroxylation sites is 1. The van der Waals surface area contributed by atoms with Crippen molar-refractivity contribution >= 4 is 98.5 Å². The molecule has 0 radical (unpaired) electrons. The van der Waals surface area contributed by atoms with E-state index in [1.54, 1.807) is 16.2 Å². The Kier molecular flexibility index (Phi) is 15.5. The van der Waals surface area contributed by atoms with Gasteiger partial charge in [0.15, 0.2) is 0 Å². The van der Waals surface area contributed by atoms with E-state index in [9.17, 15) is 0 Å². The van der Waals surface area contributed by atoms with Crippen molar-refractivity contribution in [1.29, 1.82) is 0 Å².